The third kappa shape index (κ3) is 3.78. The molecule has 2 fully saturated rings. The van der Waals surface area contributed by atoms with Crippen LogP contribution in [-0.4, -0.2) is 35.7 Å². The topological polar surface area (TPSA) is 41.6 Å². The zero-order valence-corrected chi connectivity index (χ0v) is 14.4. The smallest absolute Gasteiger partial charge is 0.410 e. The summed E-state index contributed by atoms with van der Waals surface area (Å²) in [6.45, 7) is 7.70. The molecule has 3 rings (SSSR count). The highest BCUT2D eigenvalue weighted by Gasteiger charge is 2.56. The molecular weight excluding hydrogens is 319 g/mol. The normalized spacial score (nSPS) is 26.1. The largest absolute Gasteiger partial charge is 0.444 e. The Morgan fingerprint density at radius 1 is 1.39 bits per heavy atom. The highest BCUT2D eigenvalue weighted by atomic mass is 35.5. The fraction of sp³-hybridized carbons (Fsp3) is 0.588. The summed E-state index contributed by atoms with van der Waals surface area (Å²) < 4.78 is 18.4. The number of amides is 1. The van der Waals surface area contributed by atoms with Crippen LogP contribution in [0.5, 0.6) is 0 Å². The van der Waals surface area contributed by atoms with Crippen molar-refractivity contribution in [3.63, 3.8) is 0 Å². The first-order valence-electron chi connectivity index (χ1n) is 7.90. The molecule has 126 valence electrons. The van der Waals surface area contributed by atoms with Gasteiger partial charge in [-0.3, -0.25) is 0 Å². The quantitative estimate of drug-likeness (QED) is 0.916. The van der Waals surface area contributed by atoms with E-state index >= 15 is 0 Å². The van der Waals surface area contributed by atoms with Crippen LogP contribution in [0.15, 0.2) is 18.2 Å². The molecule has 1 aromatic carbocycles. The number of carbonyl (C=O) groups is 1. The summed E-state index contributed by atoms with van der Waals surface area (Å²) in [5, 5.41) is 3.90. The van der Waals surface area contributed by atoms with Gasteiger partial charge in [0.2, 0.25) is 0 Å². The second-order valence-corrected chi connectivity index (χ2v) is 7.76. The van der Waals surface area contributed by atoms with Gasteiger partial charge in [-0.25, -0.2) is 9.18 Å². The van der Waals surface area contributed by atoms with E-state index in [9.17, 15) is 9.18 Å². The minimum absolute atomic E-state index is 0.231. The molecule has 4 nitrogen and oxygen atoms in total. The minimum Gasteiger partial charge on any atom is -0.444 e. The van der Waals surface area contributed by atoms with Crippen molar-refractivity contribution >= 4 is 17.7 Å². The summed E-state index contributed by atoms with van der Waals surface area (Å²) >= 11 is 6.03. The maximum atomic E-state index is 13.0. The summed E-state index contributed by atoms with van der Waals surface area (Å²) in [5.74, 6) is 0.624. The Labute approximate surface area is 140 Å². The van der Waals surface area contributed by atoms with Crippen molar-refractivity contribution in [2.75, 3.05) is 13.1 Å². The first kappa shape index (κ1) is 16.5. The number of halogens is 2. The molecule has 1 heterocycles. The van der Waals surface area contributed by atoms with Gasteiger partial charge in [0.15, 0.2) is 0 Å². The molecule has 1 N–H and O–H groups in total. The van der Waals surface area contributed by atoms with Crippen LogP contribution in [0.1, 0.15) is 26.3 Å². The Kier molecular flexibility index (Phi) is 4.27. The lowest BCUT2D eigenvalue weighted by molar-refractivity contribution is 0.0269. The molecule has 1 saturated heterocycles. The van der Waals surface area contributed by atoms with Crippen LogP contribution >= 0.6 is 11.6 Å². The van der Waals surface area contributed by atoms with Crippen LogP contribution < -0.4 is 5.32 Å². The summed E-state index contributed by atoms with van der Waals surface area (Å²) in [6.07, 6.45) is -0.231. The van der Waals surface area contributed by atoms with Gasteiger partial charge in [-0.15, -0.1) is 0 Å². The maximum Gasteiger partial charge on any atom is 0.410 e. The number of fused-ring (bicyclic) bond motifs is 1. The van der Waals surface area contributed by atoms with Crippen molar-refractivity contribution in [2.45, 2.75) is 39.0 Å². The lowest BCUT2D eigenvalue weighted by Gasteiger charge is -2.26. The number of rotatable bonds is 3. The van der Waals surface area contributed by atoms with Crippen LogP contribution in [0.3, 0.4) is 0 Å². The molecule has 2 unspecified atom stereocenters. The number of likely N-dealkylation sites (tertiary alicyclic amines) is 1. The molecule has 0 aromatic heterocycles. The molecule has 23 heavy (non-hydrogen) atoms. The molecule has 0 radical (unpaired) electrons. The van der Waals surface area contributed by atoms with Gasteiger partial charge >= 0.3 is 6.09 Å². The van der Waals surface area contributed by atoms with Crippen molar-refractivity contribution in [1.82, 2.24) is 10.2 Å². The summed E-state index contributed by atoms with van der Waals surface area (Å²) in [6, 6.07) is 4.85. The van der Waals surface area contributed by atoms with E-state index in [1.807, 2.05) is 20.8 Å². The molecule has 1 aromatic rings. The van der Waals surface area contributed by atoms with Gasteiger partial charge in [0.05, 0.1) is 0 Å². The fourth-order valence-corrected chi connectivity index (χ4v) is 3.43. The van der Waals surface area contributed by atoms with E-state index in [0.29, 0.717) is 29.4 Å². The van der Waals surface area contributed by atoms with E-state index in [4.69, 9.17) is 16.3 Å². The van der Waals surface area contributed by atoms with Gasteiger partial charge in [-0.1, -0.05) is 17.7 Å². The van der Waals surface area contributed by atoms with Gasteiger partial charge in [0, 0.05) is 30.7 Å². The van der Waals surface area contributed by atoms with Crippen LogP contribution in [-0.2, 0) is 11.3 Å². The molecule has 1 aliphatic carbocycles. The lowest BCUT2D eigenvalue weighted by Crippen LogP contribution is -2.39. The zero-order chi connectivity index (χ0) is 16.8. The van der Waals surface area contributed by atoms with Gasteiger partial charge in [-0.2, -0.15) is 0 Å². The van der Waals surface area contributed by atoms with E-state index < -0.39 is 5.60 Å². The maximum absolute atomic E-state index is 13.0. The Hall–Kier alpha value is -1.33. The average molecular weight is 341 g/mol. The summed E-state index contributed by atoms with van der Waals surface area (Å²) in [5.41, 5.74) is 0.433. The van der Waals surface area contributed by atoms with E-state index in [1.165, 1.54) is 12.1 Å². The molecule has 0 spiro atoms. The third-order valence-corrected chi connectivity index (χ3v) is 4.74. The predicted molar refractivity (Wildman–Crippen MR) is 86.8 cm³/mol. The highest BCUT2D eigenvalue weighted by molar-refractivity contribution is 6.31. The van der Waals surface area contributed by atoms with Crippen LogP contribution in [0, 0.1) is 17.7 Å². The number of nitrogens with one attached hydrogen (secondary N) is 1. The number of nitrogens with zero attached hydrogens (tertiary/aromatic N) is 1. The van der Waals surface area contributed by atoms with Crippen LogP contribution in [0.25, 0.3) is 0 Å². The zero-order valence-electron chi connectivity index (χ0n) is 13.6. The van der Waals surface area contributed by atoms with E-state index in [2.05, 4.69) is 5.32 Å². The van der Waals surface area contributed by atoms with Crippen molar-refractivity contribution in [3.05, 3.63) is 34.6 Å². The van der Waals surface area contributed by atoms with Crippen molar-refractivity contribution < 1.29 is 13.9 Å². The van der Waals surface area contributed by atoms with Gasteiger partial charge in [-0.05, 0) is 50.3 Å². The van der Waals surface area contributed by atoms with Crippen LogP contribution in [0.4, 0.5) is 9.18 Å². The SMILES string of the molecule is CC(C)(C)OC(=O)N1CC2C(C1)C2NCc1ccc(F)cc1Cl. The van der Waals surface area contributed by atoms with Crippen LogP contribution in [0.2, 0.25) is 5.02 Å². The van der Waals surface area contributed by atoms with Gasteiger partial charge < -0.3 is 15.0 Å². The first-order chi connectivity index (χ1) is 10.7. The van der Waals surface area contributed by atoms with Crippen molar-refractivity contribution in [3.8, 4) is 0 Å². The summed E-state index contributed by atoms with van der Waals surface area (Å²) in [4.78, 5) is 13.8. The van der Waals surface area contributed by atoms with Crippen molar-refractivity contribution in [2.24, 2.45) is 11.8 Å². The minimum atomic E-state index is -0.457. The number of ether oxygens (including phenoxy) is 1. The lowest BCUT2D eigenvalue weighted by atomic mass is 10.2. The highest BCUT2D eigenvalue weighted by Crippen LogP contribution is 2.46. The Balaban J connectivity index is 1.46. The standard InChI is InChI=1S/C17H22ClFN2O2/c1-17(2,3)23-16(22)21-8-12-13(9-21)15(12)20-7-10-4-5-11(19)6-14(10)18/h4-6,12-13,15,20H,7-9H2,1-3H3. The van der Waals surface area contributed by atoms with E-state index in [-0.39, 0.29) is 11.9 Å². The molecule has 2 atom stereocenters. The monoisotopic (exact) mass is 340 g/mol. The Morgan fingerprint density at radius 2 is 2.04 bits per heavy atom. The number of hydrogen-bond acceptors (Lipinski definition) is 3. The molecule has 6 heteroatoms. The molecule has 1 amide bonds. The molecular formula is C17H22ClFN2O2. The molecule has 1 aliphatic heterocycles. The number of carbonyl (C=O) groups excluding carboxylic acids is 1. The Morgan fingerprint density at radius 3 is 2.61 bits per heavy atom. The van der Waals surface area contributed by atoms with E-state index in [0.717, 1.165) is 18.7 Å². The first-order valence-corrected chi connectivity index (χ1v) is 8.27. The van der Waals surface area contributed by atoms with Crippen molar-refractivity contribution in [1.29, 1.82) is 0 Å². The molecule has 2 aliphatic rings. The third-order valence-electron chi connectivity index (χ3n) is 4.39. The van der Waals surface area contributed by atoms with Gasteiger partial charge in [0.25, 0.3) is 0 Å². The number of piperidine rings is 1. The van der Waals surface area contributed by atoms with Gasteiger partial charge in [0.1, 0.15) is 11.4 Å². The second-order valence-electron chi connectivity index (χ2n) is 7.36. The predicted octanol–water partition coefficient (Wildman–Crippen LogP) is 3.43. The summed E-state index contributed by atoms with van der Waals surface area (Å²) in [7, 11) is 0. The Bertz CT molecular complexity index is 605. The number of benzene rings is 1. The van der Waals surface area contributed by atoms with E-state index in [1.54, 1.807) is 11.0 Å². The average Bonchev–Trinajstić information content (AvgIpc) is 2.88. The molecule has 1 saturated carbocycles. The fourth-order valence-electron chi connectivity index (χ4n) is 3.20. The second kappa shape index (κ2) is 5.95. The number of hydrogen-bond donors (Lipinski definition) is 1. The molecule has 0 bridgehead atoms.